The Morgan fingerprint density at radius 1 is 1.53 bits per heavy atom. The molecule has 1 saturated carbocycles. The summed E-state index contributed by atoms with van der Waals surface area (Å²) in [5.41, 5.74) is 7.02. The minimum absolute atomic E-state index is 0.140. The lowest BCUT2D eigenvalue weighted by Crippen LogP contribution is -2.31. The summed E-state index contributed by atoms with van der Waals surface area (Å²) in [6, 6.07) is 7.40. The molecule has 1 aromatic carbocycles. The zero-order chi connectivity index (χ0) is 12.3. The maximum absolute atomic E-state index is 11.7. The van der Waals surface area contributed by atoms with Gasteiger partial charge in [-0.1, -0.05) is 19.4 Å². The fourth-order valence-corrected chi connectivity index (χ4v) is 2.07. The number of rotatable bonds is 4. The van der Waals surface area contributed by atoms with Gasteiger partial charge in [-0.15, -0.1) is 0 Å². The first-order valence-corrected chi connectivity index (χ1v) is 6.12. The fraction of sp³-hybridized carbons (Fsp3) is 0.462. The van der Waals surface area contributed by atoms with Gasteiger partial charge >= 0.3 is 6.03 Å². The van der Waals surface area contributed by atoms with Crippen molar-refractivity contribution in [3.63, 3.8) is 0 Å². The maximum Gasteiger partial charge on any atom is 0.319 e. The number of nitrogens with one attached hydrogen (secondary N) is 2. The van der Waals surface area contributed by atoms with Crippen molar-refractivity contribution < 1.29 is 4.79 Å². The SMILES string of the molecule is CCCC1CC1NC(=O)Nc1cccc(N)c1. The monoisotopic (exact) mass is 233 g/mol. The summed E-state index contributed by atoms with van der Waals surface area (Å²) < 4.78 is 0. The molecule has 0 bridgehead atoms. The third kappa shape index (κ3) is 3.37. The van der Waals surface area contributed by atoms with Crippen molar-refractivity contribution in [3.05, 3.63) is 24.3 Å². The average Bonchev–Trinajstić information content (AvgIpc) is 2.96. The molecule has 4 heteroatoms. The number of amides is 2. The van der Waals surface area contributed by atoms with Gasteiger partial charge in [-0.05, 0) is 37.0 Å². The van der Waals surface area contributed by atoms with Crippen molar-refractivity contribution in [3.8, 4) is 0 Å². The number of carbonyl (C=O) groups is 1. The highest BCUT2D eigenvalue weighted by Gasteiger charge is 2.37. The second-order valence-electron chi connectivity index (χ2n) is 4.61. The van der Waals surface area contributed by atoms with Crippen LogP contribution in [0.4, 0.5) is 16.2 Å². The first-order valence-electron chi connectivity index (χ1n) is 6.12. The average molecular weight is 233 g/mol. The molecule has 2 unspecified atom stereocenters. The summed E-state index contributed by atoms with van der Waals surface area (Å²) in [5, 5.41) is 5.75. The zero-order valence-corrected chi connectivity index (χ0v) is 10.1. The fourth-order valence-electron chi connectivity index (χ4n) is 2.07. The number of hydrogen-bond donors (Lipinski definition) is 3. The summed E-state index contributed by atoms with van der Waals surface area (Å²) in [6.07, 6.45) is 3.49. The lowest BCUT2D eigenvalue weighted by molar-refractivity contribution is 0.251. The highest BCUT2D eigenvalue weighted by molar-refractivity contribution is 5.90. The van der Waals surface area contributed by atoms with E-state index in [0.717, 1.165) is 12.1 Å². The Morgan fingerprint density at radius 3 is 3.06 bits per heavy atom. The Balaban J connectivity index is 1.78. The van der Waals surface area contributed by atoms with Crippen LogP contribution in [-0.2, 0) is 0 Å². The molecule has 1 aliphatic rings. The van der Waals surface area contributed by atoms with Crippen LogP contribution in [0.5, 0.6) is 0 Å². The molecule has 0 radical (unpaired) electrons. The second kappa shape index (κ2) is 5.08. The van der Waals surface area contributed by atoms with Gasteiger partial charge in [0, 0.05) is 17.4 Å². The van der Waals surface area contributed by atoms with E-state index in [-0.39, 0.29) is 6.03 Å². The highest BCUT2D eigenvalue weighted by Crippen LogP contribution is 2.34. The number of nitrogen functional groups attached to an aromatic ring is 1. The van der Waals surface area contributed by atoms with Crippen LogP contribution in [-0.4, -0.2) is 12.1 Å². The van der Waals surface area contributed by atoms with Gasteiger partial charge in [0.05, 0.1) is 0 Å². The lowest BCUT2D eigenvalue weighted by atomic mass is 10.2. The van der Waals surface area contributed by atoms with E-state index in [1.54, 1.807) is 12.1 Å². The third-order valence-electron chi connectivity index (χ3n) is 3.04. The molecule has 0 saturated heterocycles. The third-order valence-corrected chi connectivity index (χ3v) is 3.04. The number of hydrogen-bond acceptors (Lipinski definition) is 2. The van der Waals surface area contributed by atoms with Gasteiger partial charge in [-0.25, -0.2) is 4.79 Å². The van der Waals surface area contributed by atoms with Gasteiger partial charge in [0.15, 0.2) is 0 Å². The molecule has 0 heterocycles. The van der Waals surface area contributed by atoms with Crippen LogP contribution in [0.3, 0.4) is 0 Å². The molecule has 2 amide bonds. The van der Waals surface area contributed by atoms with Crippen LogP contribution in [0, 0.1) is 5.92 Å². The molecule has 1 aromatic rings. The van der Waals surface area contributed by atoms with Crippen molar-refractivity contribution >= 4 is 17.4 Å². The van der Waals surface area contributed by atoms with Crippen LogP contribution in [0.1, 0.15) is 26.2 Å². The Labute approximate surface area is 102 Å². The van der Waals surface area contributed by atoms with Crippen LogP contribution in [0.15, 0.2) is 24.3 Å². The Morgan fingerprint density at radius 2 is 2.35 bits per heavy atom. The zero-order valence-electron chi connectivity index (χ0n) is 10.1. The molecule has 2 rings (SSSR count). The van der Waals surface area contributed by atoms with Crippen LogP contribution in [0.2, 0.25) is 0 Å². The van der Waals surface area contributed by atoms with E-state index in [1.165, 1.54) is 12.8 Å². The van der Waals surface area contributed by atoms with Gasteiger partial charge in [0.1, 0.15) is 0 Å². The molecule has 4 nitrogen and oxygen atoms in total. The van der Waals surface area contributed by atoms with Gasteiger partial charge in [-0.2, -0.15) is 0 Å². The van der Waals surface area contributed by atoms with Crippen molar-refractivity contribution in [2.75, 3.05) is 11.1 Å². The number of carbonyl (C=O) groups excluding carboxylic acids is 1. The predicted octanol–water partition coefficient (Wildman–Crippen LogP) is 2.58. The highest BCUT2D eigenvalue weighted by atomic mass is 16.2. The van der Waals surface area contributed by atoms with E-state index in [0.29, 0.717) is 17.6 Å². The topological polar surface area (TPSA) is 67.2 Å². The quantitative estimate of drug-likeness (QED) is 0.700. The Bertz CT molecular complexity index is 405. The molecule has 0 aliphatic heterocycles. The normalized spacial score (nSPS) is 21.9. The molecule has 1 aliphatic carbocycles. The van der Waals surface area contributed by atoms with Gasteiger partial charge in [-0.3, -0.25) is 0 Å². The predicted molar refractivity (Wildman–Crippen MR) is 69.8 cm³/mol. The van der Waals surface area contributed by atoms with Crippen LogP contribution >= 0.6 is 0 Å². The van der Waals surface area contributed by atoms with E-state index >= 15 is 0 Å². The molecule has 0 aromatic heterocycles. The Hall–Kier alpha value is -1.71. The van der Waals surface area contributed by atoms with Crippen molar-refractivity contribution in [2.24, 2.45) is 5.92 Å². The molecule has 17 heavy (non-hydrogen) atoms. The molecule has 2 atom stereocenters. The van der Waals surface area contributed by atoms with Crippen molar-refractivity contribution in [1.82, 2.24) is 5.32 Å². The smallest absolute Gasteiger partial charge is 0.319 e. The largest absolute Gasteiger partial charge is 0.399 e. The summed E-state index contributed by atoms with van der Waals surface area (Å²) in [6.45, 7) is 2.17. The van der Waals surface area contributed by atoms with Gasteiger partial charge in [0.2, 0.25) is 0 Å². The first kappa shape index (κ1) is 11.8. The number of benzene rings is 1. The Kier molecular flexibility index (Phi) is 3.52. The molecule has 1 fully saturated rings. The number of anilines is 2. The molecular formula is C13H19N3O. The van der Waals surface area contributed by atoms with E-state index in [9.17, 15) is 4.79 Å². The standard InChI is InChI=1S/C13H19N3O/c1-2-4-9-7-12(9)16-13(17)15-11-6-3-5-10(14)8-11/h3,5-6,8-9,12H,2,4,7,14H2,1H3,(H2,15,16,17). The molecule has 92 valence electrons. The molecule has 4 N–H and O–H groups in total. The molecule has 0 spiro atoms. The summed E-state index contributed by atoms with van der Waals surface area (Å²) in [4.78, 5) is 11.7. The van der Waals surface area contributed by atoms with E-state index in [4.69, 9.17) is 5.73 Å². The van der Waals surface area contributed by atoms with Crippen LogP contribution in [0.25, 0.3) is 0 Å². The van der Waals surface area contributed by atoms with Gasteiger partial charge in [0.25, 0.3) is 0 Å². The first-order chi connectivity index (χ1) is 8.19. The number of nitrogens with two attached hydrogens (primary N) is 1. The van der Waals surface area contributed by atoms with Crippen molar-refractivity contribution in [1.29, 1.82) is 0 Å². The summed E-state index contributed by atoms with van der Waals surface area (Å²) in [5.74, 6) is 0.673. The van der Waals surface area contributed by atoms with Gasteiger partial charge < -0.3 is 16.4 Å². The number of urea groups is 1. The lowest BCUT2D eigenvalue weighted by Gasteiger charge is -2.07. The van der Waals surface area contributed by atoms with Crippen molar-refractivity contribution in [2.45, 2.75) is 32.2 Å². The summed E-state index contributed by atoms with van der Waals surface area (Å²) in [7, 11) is 0. The minimum atomic E-state index is -0.140. The maximum atomic E-state index is 11.7. The van der Waals surface area contributed by atoms with E-state index < -0.39 is 0 Å². The second-order valence-corrected chi connectivity index (χ2v) is 4.61. The molecular weight excluding hydrogens is 214 g/mol. The summed E-state index contributed by atoms with van der Waals surface area (Å²) >= 11 is 0. The van der Waals surface area contributed by atoms with E-state index in [1.807, 2.05) is 12.1 Å². The van der Waals surface area contributed by atoms with Crippen LogP contribution < -0.4 is 16.4 Å². The van der Waals surface area contributed by atoms with E-state index in [2.05, 4.69) is 17.6 Å². The minimum Gasteiger partial charge on any atom is -0.399 e.